The third-order valence-electron chi connectivity index (χ3n) is 6.51. The van der Waals surface area contributed by atoms with Crippen molar-refractivity contribution in [1.82, 2.24) is 20.4 Å². The van der Waals surface area contributed by atoms with Gasteiger partial charge in [-0.3, -0.25) is 19.4 Å². The molecule has 2 heterocycles. The molecule has 1 atom stereocenters. The van der Waals surface area contributed by atoms with Crippen LogP contribution in [0.3, 0.4) is 0 Å². The lowest BCUT2D eigenvalue weighted by Crippen LogP contribution is -2.54. The van der Waals surface area contributed by atoms with Gasteiger partial charge in [0.2, 0.25) is 11.8 Å². The van der Waals surface area contributed by atoms with Crippen LogP contribution in [0.1, 0.15) is 52.0 Å². The summed E-state index contributed by atoms with van der Waals surface area (Å²) >= 11 is 0. The number of hydrogen-bond acceptors (Lipinski definition) is 4. The summed E-state index contributed by atoms with van der Waals surface area (Å²) in [4.78, 5) is 29.4. The average molecular weight is 415 g/mol. The van der Waals surface area contributed by atoms with Crippen LogP contribution in [-0.2, 0) is 16.1 Å². The standard InChI is InChI=1S/C24H38N4O2/c1-18(2)23(29)25-22-11-15-28(16-12-22)19(3)24(30)26-21-9-13-27(14-10-21)17-20-7-5-4-6-8-20/h4-8,18-19,21-22H,9-17H2,1-3H3,(H,25,29)(H,26,30). The number of rotatable bonds is 7. The van der Waals surface area contributed by atoms with Gasteiger partial charge in [0.25, 0.3) is 0 Å². The van der Waals surface area contributed by atoms with Crippen LogP contribution >= 0.6 is 0 Å². The number of amides is 2. The molecule has 2 aliphatic rings. The van der Waals surface area contributed by atoms with Crippen LogP contribution in [0.25, 0.3) is 0 Å². The zero-order valence-electron chi connectivity index (χ0n) is 18.8. The van der Waals surface area contributed by atoms with Gasteiger partial charge in [0.1, 0.15) is 0 Å². The molecule has 2 fully saturated rings. The number of piperidine rings is 2. The minimum Gasteiger partial charge on any atom is -0.353 e. The van der Waals surface area contributed by atoms with Gasteiger partial charge >= 0.3 is 0 Å². The molecule has 2 aliphatic heterocycles. The summed E-state index contributed by atoms with van der Waals surface area (Å²) < 4.78 is 0. The van der Waals surface area contributed by atoms with E-state index in [2.05, 4.69) is 50.8 Å². The van der Waals surface area contributed by atoms with Crippen LogP contribution in [0.2, 0.25) is 0 Å². The molecule has 3 rings (SSSR count). The molecule has 0 bridgehead atoms. The third-order valence-corrected chi connectivity index (χ3v) is 6.51. The first-order chi connectivity index (χ1) is 14.4. The molecule has 1 aromatic rings. The lowest BCUT2D eigenvalue weighted by molar-refractivity contribution is -0.128. The van der Waals surface area contributed by atoms with Crippen LogP contribution in [-0.4, -0.2) is 65.9 Å². The minimum absolute atomic E-state index is 0.0202. The van der Waals surface area contributed by atoms with Crippen LogP contribution in [0.5, 0.6) is 0 Å². The Morgan fingerprint density at radius 2 is 1.40 bits per heavy atom. The van der Waals surface area contributed by atoms with Gasteiger partial charge in [0, 0.05) is 50.7 Å². The highest BCUT2D eigenvalue weighted by atomic mass is 16.2. The molecule has 0 radical (unpaired) electrons. The maximum atomic E-state index is 12.8. The van der Waals surface area contributed by atoms with E-state index in [-0.39, 0.29) is 35.9 Å². The Hall–Kier alpha value is -1.92. The van der Waals surface area contributed by atoms with Crippen LogP contribution in [0, 0.1) is 5.92 Å². The van der Waals surface area contributed by atoms with Crippen molar-refractivity contribution in [2.24, 2.45) is 5.92 Å². The first-order valence-electron chi connectivity index (χ1n) is 11.5. The second kappa shape index (κ2) is 10.9. The molecule has 6 nitrogen and oxygen atoms in total. The Labute approximate surface area is 181 Å². The Morgan fingerprint density at radius 1 is 0.867 bits per heavy atom. The highest BCUT2D eigenvalue weighted by Crippen LogP contribution is 2.17. The molecule has 166 valence electrons. The molecule has 0 spiro atoms. The van der Waals surface area contributed by atoms with Gasteiger partial charge in [-0.05, 0) is 38.2 Å². The van der Waals surface area contributed by atoms with Crippen molar-refractivity contribution in [2.75, 3.05) is 26.2 Å². The number of nitrogens with zero attached hydrogens (tertiary/aromatic N) is 2. The van der Waals surface area contributed by atoms with E-state index < -0.39 is 0 Å². The first-order valence-corrected chi connectivity index (χ1v) is 11.5. The van der Waals surface area contributed by atoms with E-state index in [1.165, 1.54) is 5.56 Å². The van der Waals surface area contributed by atoms with Crippen LogP contribution in [0.4, 0.5) is 0 Å². The normalized spacial score (nSPS) is 20.8. The van der Waals surface area contributed by atoms with Crippen molar-refractivity contribution < 1.29 is 9.59 Å². The second-order valence-electron chi connectivity index (χ2n) is 9.19. The predicted molar refractivity (Wildman–Crippen MR) is 120 cm³/mol. The molecule has 0 saturated carbocycles. The lowest BCUT2D eigenvalue weighted by Gasteiger charge is -2.37. The molecule has 1 aromatic carbocycles. The predicted octanol–water partition coefficient (Wildman–Crippen LogP) is 2.39. The van der Waals surface area contributed by atoms with Gasteiger partial charge in [0.05, 0.1) is 6.04 Å². The molecule has 6 heteroatoms. The fraction of sp³-hybridized carbons (Fsp3) is 0.667. The molecule has 2 saturated heterocycles. The topological polar surface area (TPSA) is 64.7 Å². The SMILES string of the molecule is CC(C)C(=O)NC1CCN(C(C)C(=O)NC2CCN(Cc3ccccc3)CC2)CC1. The number of likely N-dealkylation sites (tertiary alicyclic amines) is 2. The maximum absolute atomic E-state index is 12.8. The number of hydrogen-bond donors (Lipinski definition) is 2. The second-order valence-corrected chi connectivity index (χ2v) is 9.19. The molecule has 2 amide bonds. The zero-order valence-corrected chi connectivity index (χ0v) is 18.8. The summed E-state index contributed by atoms with van der Waals surface area (Å²) in [5.41, 5.74) is 1.35. The van der Waals surface area contributed by atoms with Crippen molar-refractivity contribution in [1.29, 1.82) is 0 Å². The Bertz CT molecular complexity index is 678. The summed E-state index contributed by atoms with van der Waals surface area (Å²) in [6, 6.07) is 11.0. The molecule has 0 aromatic heterocycles. The summed E-state index contributed by atoms with van der Waals surface area (Å²) in [6.45, 7) is 10.6. The fourth-order valence-electron chi connectivity index (χ4n) is 4.36. The number of carbonyl (C=O) groups excluding carboxylic acids is 2. The molecular formula is C24H38N4O2. The van der Waals surface area contributed by atoms with Crippen LogP contribution < -0.4 is 10.6 Å². The van der Waals surface area contributed by atoms with E-state index in [0.717, 1.165) is 58.4 Å². The van der Waals surface area contributed by atoms with Gasteiger partial charge in [-0.1, -0.05) is 44.2 Å². The van der Waals surface area contributed by atoms with Crippen LogP contribution in [0.15, 0.2) is 30.3 Å². The van der Waals surface area contributed by atoms with Crippen molar-refractivity contribution in [3.8, 4) is 0 Å². The summed E-state index contributed by atoms with van der Waals surface area (Å²) in [6.07, 6.45) is 3.84. The van der Waals surface area contributed by atoms with E-state index in [0.29, 0.717) is 0 Å². The minimum atomic E-state index is -0.117. The average Bonchev–Trinajstić information content (AvgIpc) is 2.75. The van der Waals surface area contributed by atoms with Crippen molar-refractivity contribution in [3.05, 3.63) is 35.9 Å². The molecular weight excluding hydrogens is 376 g/mol. The summed E-state index contributed by atoms with van der Waals surface area (Å²) in [7, 11) is 0. The number of nitrogens with one attached hydrogen (secondary N) is 2. The first kappa shape index (κ1) is 22.8. The third kappa shape index (κ3) is 6.54. The van der Waals surface area contributed by atoms with E-state index in [4.69, 9.17) is 0 Å². The molecule has 0 aliphatic carbocycles. The Kier molecular flexibility index (Phi) is 8.28. The number of benzene rings is 1. The van der Waals surface area contributed by atoms with Crippen molar-refractivity contribution in [2.45, 2.75) is 71.1 Å². The van der Waals surface area contributed by atoms with E-state index >= 15 is 0 Å². The number of carbonyl (C=O) groups is 2. The monoisotopic (exact) mass is 414 g/mol. The van der Waals surface area contributed by atoms with Gasteiger partial charge in [0.15, 0.2) is 0 Å². The van der Waals surface area contributed by atoms with Gasteiger partial charge in [-0.15, -0.1) is 0 Å². The summed E-state index contributed by atoms with van der Waals surface area (Å²) in [5, 5.41) is 6.41. The van der Waals surface area contributed by atoms with E-state index in [1.54, 1.807) is 0 Å². The highest BCUT2D eigenvalue weighted by Gasteiger charge is 2.29. The lowest BCUT2D eigenvalue weighted by atomic mass is 10.0. The largest absolute Gasteiger partial charge is 0.353 e. The van der Waals surface area contributed by atoms with E-state index in [9.17, 15) is 9.59 Å². The van der Waals surface area contributed by atoms with E-state index in [1.807, 2.05) is 20.8 Å². The Morgan fingerprint density at radius 3 is 1.97 bits per heavy atom. The molecule has 30 heavy (non-hydrogen) atoms. The smallest absolute Gasteiger partial charge is 0.237 e. The van der Waals surface area contributed by atoms with Gasteiger partial charge in [-0.2, -0.15) is 0 Å². The van der Waals surface area contributed by atoms with Crippen molar-refractivity contribution in [3.63, 3.8) is 0 Å². The van der Waals surface area contributed by atoms with Crippen molar-refractivity contribution >= 4 is 11.8 Å². The maximum Gasteiger partial charge on any atom is 0.237 e. The molecule has 1 unspecified atom stereocenters. The fourth-order valence-corrected chi connectivity index (χ4v) is 4.36. The molecule has 2 N–H and O–H groups in total. The van der Waals surface area contributed by atoms with Gasteiger partial charge in [-0.25, -0.2) is 0 Å². The zero-order chi connectivity index (χ0) is 21.5. The summed E-state index contributed by atoms with van der Waals surface area (Å²) in [5.74, 6) is 0.283. The quantitative estimate of drug-likeness (QED) is 0.719. The Balaban J connectivity index is 1.36. The highest BCUT2D eigenvalue weighted by molar-refractivity contribution is 5.81. The van der Waals surface area contributed by atoms with Gasteiger partial charge < -0.3 is 10.6 Å².